The predicted octanol–water partition coefficient (Wildman–Crippen LogP) is 2.34. The molecule has 27 heavy (non-hydrogen) atoms. The minimum atomic E-state index is -4.20. The van der Waals surface area contributed by atoms with Crippen molar-refractivity contribution >= 4 is 0 Å². The molecule has 7 nitrogen and oxygen atoms in total. The van der Waals surface area contributed by atoms with Crippen molar-refractivity contribution in [1.29, 1.82) is 0 Å². The van der Waals surface area contributed by atoms with E-state index in [0.29, 0.717) is 11.3 Å². The van der Waals surface area contributed by atoms with Crippen LogP contribution >= 0.6 is 0 Å². The van der Waals surface area contributed by atoms with Gasteiger partial charge in [-0.1, -0.05) is 18.7 Å². The zero-order chi connectivity index (χ0) is 20.3. The molecule has 0 radical (unpaired) electrons. The Morgan fingerprint density at radius 1 is 1.30 bits per heavy atom. The van der Waals surface area contributed by atoms with E-state index in [1.807, 2.05) is 0 Å². The average molecular weight is 387 g/mol. The van der Waals surface area contributed by atoms with E-state index in [4.69, 9.17) is 21.1 Å². The SMILES string of the molecule is C=C/C=C(CN(N)CCCC(F)(F)F)\C(N)=C/COc1nccnc1OC. The van der Waals surface area contributed by atoms with Crippen molar-refractivity contribution < 1.29 is 22.6 Å². The van der Waals surface area contributed by atoms with Crippen LogP contribution in [0.2, 0.25) is 0 Å². The van der Waals surface area contributed by atoms with Crippen LogP contribution in [0.3, 0.4) is 0 Å². The summed E-state index contributed by atoms with van der Waals surface area (Å²) in [4.78, 5) is 7.95. The quantitative estimate of drug-likeness (QED) is 0.341. The van der Waals surface area contributed by atoms with Gasteiger partial charge in [-0.2, -0.15) is 13.2 Å². The third-order valence-corrected chi connectivity index (χ3v) is 3.32. The van der Waals surface area contributed by atoms with Gasteiger partial charge in [0.25, 0.3) is 11.8 Å². The van der Waals surface area contributed by atoms with Crippen molar-refractivity contribution in [3.05, 3.63) is 48.5 Å². The lowest BCUT2D eigenvalue weighted by molar-refractivity contribution is -0.136. The molecular formula is C17H24F3N5O2. The van der Waals surface area contributed by atoms with E-state index in [-0.39, 0.29) is 37.9 Å². The van der Waals surface area contributed by atoms with E-state index >= 15 is 0 Å². The topological polar surface area (TPSA) is 99.5 Å². The van der Waals surface area contributed by atoms with E-state index < -0.39 is 12.6 Å². The maximum absolute atomic E-state index is 12.2. The largest absolute Gasteiger partial charge is 0.477 e. The molecular weight excluding hydrogens is 363 g/mol. The lowest BCUT2D eigenvalue weighted by atomic mass is 10.1. The molecule has 1 heterocycles. The van der Waals surface area contributed by atoms with Crippen LogP contribution in [-0.4, -0.2) is 48.0 Å². The van der Waals surface area contributed by atoms with Crippen LogP contribution < -0.4 is 21.1 Å². The molecule has 0 fully saturated rings. The number of halogens is 3. The Hall–Kier alpha value is -2.59. The van der Waals surface area contributed by atoms with Gasteiger partial charge in [0.2, 0.25) is 0 Å². The van der Waals surface area contributed by atoms with Crippen LogP contribution in [0.4, 0.5) is 13.2 Å². The molecule has 0 atom stereocenters. The van der Waals surface area contributed by atoms with Gasteiger partial charge in [0.05, 0.1) is 7.11 Å². The zero-order valence-electron chi connectivity index (χ0n) is 15.1. The third kappa shape index (κ3) is 9.06. The highest BCUT2D eigenvalue weighted by Gasteiger charge is 2.26. The Balaban J connectivity index is 2.61. The van der Waals surface area contributed by atoms with Crippen molar-refractivity contribution in [3.63, 3.8) is 0 Å². The van der Waals surface area contributed by atoms with Gasteiger partial charge in [0.15, 0.2) is 0 Å². The van der Waals surface area contributed by atoms with Crippen molar-refractivity contribution in [3.8, 4) is 11.8 Å². The Kier molecular flexibility index (Phi) is 9.31. The monoisotopic (exact) mass is 387 g/mol. The molecule has 0 unspecified atom stereocenters. The van der Waals surface area contributed by atoms with Gasteiger partial charge in [0, 0.05) is 37.6 Å². The molecule has 10 heteroatoms. The molecule has 0 saturated carbocycles. The maximum atomic E-state index is 12.2. The van der Waals surface area contributed by atoms with Gasteiger partial charge in [-0.25, -0.2) is 15.0 Å². The second-order valence-electron chi connectivity index (χ2n) is 5.46. The van der Waals surface area contributed by atoms with Crippen molar-refractivity contribution in [2.24, 2.45) is 11.6 Å². The number of hydrazine groups is 1. The first-order valence-corrected chi connectivity index (χ1v) is 8.08. The van der Waals surface area contributed by atoms with E-state index in [9.17, 15) is 13.2 Å². The van der Waals surface area contributed by atoms with Gasteiger partial charge >= 0.3 is 6.18 Å². The number of hydrogen-bond acceptors (Lipinski definition) is 7. The molecule has 0 bridgehead atoms. The van der Waals surface area contributed by atoms with Crippen LogP contribution in [0.15, 0.2) is 48.5 Å². The summed E-state index contributed by atoms with van der Waals surface area (Å²) in [5.74, 6) is 6.23. The second kappa shape index (κ2) is 11.2. The number of nitrogens with two attached hydrogens (primary N) is 2. The minimum Gasteiger partial charge on any atom is -0.477 e. The highest BCUT2D eigenvalue weighted by Crippen LogP contribution is 2.21. The molecule has 1 aromatic rings. The number of rotatable bonds is 11. The summed E-state index contributed by atoms with van der Waals surface area (Å²) < 4.78 is 47.1. The van der Waals surface area contributed by atoms with Crippen LogP contribution in [0, 0.1) is 0 Å². The third-order valence-electron chi connectivity index (χ3n) is 3.32. The minimum absolute atomic E-state index is 0.0780. The molecule has 0 aliphatic carbocycles. The summed E-state index contributed by atoms with van der Waals surface area (Å²) in [6, 6.07) is 0. The Morgan fingerprint density at radius 3 is 2.56 bits per heavy atom. The fraction of sp³-hybridized carbons (Fsp3) is 0.412. The molecule has 1 aromatic heterocycles. The van der Waals surface area contributed by atoms with Gasteiger partial charge in [-0.3, -0.25) is 5.84 Å². The number of nitrogens with zero attached hydrogens (tertiary/aromatic N) is 3. The molecule has 0 aliphatic rings. The van der Waals surface area contributed by atoms with Crippen LogP contribution in [0.5, 0.6) is 11.8 Å². The molecule has 0 spiro atoms. The van der Waals surface area contributed by atoms with Gasteiger partial charge in [-0.15, -0.1) is 0 Å². The normalized spacial score (nSPS) is 13.0. The van der Waals surface area contributed by atoms with Crippen molar-refractivity contribution in [2.75, 3.05) is 26.8 Å². The maximum Gasteiger partial charge on any atom is 0.389 e. The first kappa shape index (κ1) is 22.5. The van der Waals surface area contributed by atoms with Gasteiger partial charge in [-0.05, 0) is 18.1 Å². The highest BCUT2D eigenvalue weighted by molar-refractivity contribution is 5.32. The summed E-state index contributed by atoms with van der Waals surface area (Å²) in [5.41, 5.74) is 6.99. The predicted molar refractivity (Wildman–Crippen MR) is 95.7 cm³/mol. The summed E-state index contributed by atoms with van der Waals surface area (Å²) >= 11 is 0. The van der Waals surface area contributed by atoms with Gasteiger partial charge < -0.3 is 15.2 Å². The zero-order valence-corrected chi connectivity index (χ0v) is 15.1. The van der Waals surface area contributed by atoms with Crippen LogP contribution in [0.25, 0.3) is 0 Å². The molecule has 0 aromatic carbocycles. The lowest BCUT2D eigenvalue weighted by Crippen LogP contribution is -2.35. The smallest absolute Gasteiger partial charge is 0.389 e. The molecule has 0 saturated heterocycles. The Morgan fingerprint density at radius 2 is 1.96 bits per heavy atom. The number of allylic oxidation sites excluding steroid dienone is 2. The standard InChI is InChI=1S/C17H24F3N5O2/c1-3-5-13(12-25(22)10-4-7-17(18,19)20)14(21)6-11-27-16-15(26-2)23-8-9-24-16/h3,5-6,8-9H,1,4,7,10-12,21-22H2,2H3/b13-5-,14-6+. The first-order valence-electron chi connectivity index (χ1n) is 8.08. The fourth-order valence-electron chi connectivity index (χ4n) is 2.06. The van der Waals surface area contributed by atoms with E-state index in [1.54, 1.807) is 12.2 Å². The second-order valence-corrected chi connectivity index (χ2v) is 5.46. The van der Waals surface area contributed by atoms with E-state index in [1.165, 1.54) is 30.6 Å². The van der Waals surface area contributed by atoms with Crippen LogP contribution in [-0.2, 0) is 0 Å². The molecule has 4 N–H and O–H groups in total. The molecule has 0 aliphatic heterocycles. The van der Waals surface area contributed by atoms with Crippen molar-refractivity contribution in [1.82, 2.24) is 15.0 Å². The molecule has 1 rings (SSSR count). The number of ether oxygens (including phenoxy) is 2. The first-order chi connectivity index (χ1) is 12.8. The fourth-order valence-corrected chi connectivity index (χ4v) is 2.06. The van der Waals surface area contributed by atoms with E-state index in [2.05, 4.69) is 16.5 Å². The Bertz CT molecular complexity index is 662. The van der Waals surface area contributed by atoms with Crippen LogP contribution in [0.1, 0.15) is 12.8 Å². The Labute approximate surface area is 156 Å². The summed E-state index contributed by atoms with van der Waals surface area (Å²) in [6.07, 6.45) is 2.49. The lowest BCUT2D eigenvalue weighted by Gasteiger charge is -2.19. The number of alkyl halides is 3. The summed E-state index contributed by atoms with van der Waals surface area (Å²) in [7, 11) is 1.45. The van der Waals surface area contributed by atoms with E-state index in [0.717, 1.165) is 0 Å². The molecule has 150 valence electrons. The molecule has 0 amide bonds. The summed E-state index contributed by atoms with van der Waals surface area (Å²) in [6.45, 7) is 3.94. The average Bonchev–Trinajstić information content (AvgIpc) is 2.60. The summed E-state index contributed by atoms with van der Waals surface area (Å²) in [5, 5.41) is 1.27. The number of methoxy groups -OCH3 is 1. The van der Waals surface area contributed by atoms with Gasteiger partial charge in [0.1, 0.15) is 6.61 Å². The highest BCUT2D eigenvalue weighted by atomic mass is 19.4. The number of hydrogen-bond donors (Lipinski definition) is 2. The number of aromatic nitrogens is 2. The van der Waals surface area contributed by atoms with Crippen molar-refractivity contribution in [2.45, 2.75) is 19.0 Å².